The number of aryl methyl sites for hydroxylation is 1. The van der Waals surface area contributed by atoms with Gasteiger partial charge in [0.25, 0.3) is 10.0 Å². The summed E-state index contributed by atoms with van der Waals surface area (Å²) in [6.07, 6.45) is 0.224. The van der Waals surface area contributed by atoms with Crippen LogP contribution < -0.4 is 9.62 Å². The van der Waals surface area contributed by atoms with Crippen LogP contribution in [0, 0.1) is 6.92 Å². The van der Waals surface area contributed by atoms with Gasteiger partial charge in [0.2, 0.25) is 11.8 Å². The number of hydrogen-bond acceptors (Lipinski definition) is 4. The van der Waals surface area contributed by atoms with Crippen LogP contribution >= 0.6 is 23.2 Å². The highest BCUT2D eigenvalue weighted by molar-refractivity contribution is 7.92. The van der Waals surface area contributed by atoms with Crippen LogP contribution in [0.3, 0.4) is 0 Å². The van der Waals surface area contributed by atoms with E-state index in [-0.39, 0.29) is 29.5 Å². The van der Waals surface area contributed by atoms with E-state index in [0.717, 1.165) is 21.0 Å². The molecule has 0 fully saturated rings. The van der Waals surface area contributed by atoms with Gasteiger partial charge < -0.3 is 10.2 Å². The molecule has 0 spiro atoms. The topological polar surface area (TPSA) is 86.8 Å². The zero-order chi connectivity index (χ0) is 30.3. The number of nitrogens with zero attached hydrogens (tertiary/aromatic N) is 2. The van der Waals surface area contributed by atoms with Crippen molar-refractivity contribution < 1.29 is 18.0 Å². The molecule has 4 aromatic carbocycles. The SMILES string of the molecule is CNC(=O)[C@@H](Cc1ccccc1)N(Cc1ccc(Cl)cc1)C(=O)CN(c1cccc(Cl)c1)S(=O)(=O)c1ccc(C)cc1. The number of hydrogen-bond donors (Lipinski definition) is 1. The molecule has 2 amide bonds. The second-order valence-electron chi connectivity index (χ2n) is 9.77. The minimum atomic E-state index is -4.20. The molecule has 0 heterocycles. The van der Waals surface area contributed by atoms with E-state index in [1.165, 1.54) is 30.1 Å². The molecule has 0 unspecified atom stereocenters. The van der Waals surface area contributed by atoms with E-state index in [1.807, 2.05) is 37.3 Å². The van der Waals surface area contributed by atoms with E-state index in [4.69, 9.17) is 23.2 Å². The summed E-state index contributed by atoms with van der Waals surface area (Å²) in [5.41, 5.74) is 2.69. The lowest BCUT2D eigenvalue weighted by atomic mass is 10.0. The highest BCUT2D eigenvalue weighted by Crippen LogP contribution is 2.27. The average molecular weight is 625 g/mol. The first-order valence-corrected chi connectivity index (χ1v) is 15.4. The largest absolute Gasteiger partial charge is 0.357 e. The fraction of sp³-hybridized carbons (Fsp3) is 0.188. The van der Waals surface area contributed by atoms with Crippen LogP contribution in [0.2, 0.25) is 10.0 Å². The minimum absolute atomic E-state index is 0.0252. The highest BCUT2D eigenvalue weighted by Gasteiger charge is 2.34. The van der Waals surface area contributed by atoms with Crippen molar-refractivity contribution in [2.75, 3.05) is 17.9 Å². The molecule has 1 atom stereocenters. The number of sulfonamides is 1. The second-order valence-corrected chi connectivity index (χ2v) is 12.5. The Morgan fingerprint density at radius 1 is 0.810 bits per heavy atom. The zero-order valence-corrected chi connectivity index (χ0v) is 25.5. The van der Waals surface area contributed by atoms with Gasteiger partial charge in [-0.25, -0.2) is 8.42 Å². The Kier molecular flexibility index (Phi) is 10.3. The van der Waals surface area contributed by atoms with Gasteiger partial charge in [-0.3, -0.25) is 13.9 Å². The number of amides is 2. The Morgan fingerprint density at radius 3 is 2.10 bits per heavy atom. The molecule has 7 nitrogen and oxygen atoms in total. The monoisotopic (exact) mass is 623 g/mol. The van der Waals surface area contributed by atoms with Crippen LogP contribution in [0.5, 0.6) is 0 Å². The van der Waals surface area contributed by atoms with Gasteiger partial charge in [-0.05, 0) is 60.5 Å². The molecule has 0 bridgehead atoms. The number of nitrogens with one attached hydrogen (secondary N) is 1. The molecule has 0 radical (unpaired) electrons. The summed E-state index contributed by atoms with van der Waals surface area (Å²) in [6.45, 7) is 1.34. The van der Waals surface area contributed by atoms with Crippen molar-refractivity contribution in [1.29, 1.82) is 0 Å². The van der Waals surface area contributed by atoms with E-state index in [9.17, 15) is 18.0 Å². The lowest BCUT2D eigenvalue weighted by Gasteiger charge is -2.33. The fourth-order valence-electron chi connectivity index (χ4n) is 4.50. The number of benzene rings is 4. The first-order chi connectivity index (χ1) is 20.1. The molecule has 1 N–H and O–H groups in total. The third kappa shape index (κ3) is 7.70. The maximum atomic E-state index is 14.2. The summed E-state index contributed by atoms with van der Waals surface area (Å²) in [6, 6.07) is 28.0. The Morgan fingerprint density at radius 2 is 1.48 bits per heavy atom. The Hall–Kier alpha value is -3.85. The Balaban J connectivity index is 1.78. The third-order valence-electron chi connectivity index (χ3n) is 6.77. The van der Waals surface area contributed by atoms with Crippen molar-refractivity contribution in [2.24, 2.45) is 0 Å². The van der Waals surface area contributed by atoms with Crippen LogP contribution in [-0.4, -0.2) is 44.8 Å². The van der Waals surface area contributed by atoms with Gasteiger partial charge in [-0.15, -0.1) is 0 Å². The van der Waals surface area contributed by atoms with Gasteiger partial charge in [0.05, 0.1) is 10.6 Å². The molecule has 0 aromatic heterocycles. The predicted octanol–water partition coefficient (Wildman–Crippen LogP) is 5.88. The summed E-state index contributed by atoms with van der Waals surface area (Å²) in [5, 5.41) is 3.51. The number of halogens is 2. The lowest BCUT2D eigenvalue weighted by Crippen LogP contribution is -2.53. The Labute approximate surface area is 256 Å². The lowest BCUT2D eigenvalue weighted by molar-refractivity contribution is -0.139. The third-order valence-corrected chi connectivity index (χ3v) is 9.04. The quantitative estimate of drug-likeness (QED) is 0.226. The summed E-state index contributed by atoms with van der Waals surface area (Å²) >= 11 is 12.3. The Bertz CT molecular complexity index is 1630. The molecule has 0 aliphatic heterocycles. The van der Waals surface area contributed by atoms with E-state index in [2.05, 4.69) is 5.32 Å². The maximum absolute atomic E-state index is 14.2. The van der Waals surface area contributed by atoms with E-state index < -0.39 is 28.5 Å². The first-order valence-electron chi connectivity index (χ1n) is 13.2. The number of rotatable bonds is 11. The maximum Gasteiger partial charge on any atom is 0.264 e. The predicted molar refractivity (Wildman–Crippen MR) is 167 cm³/mol. The van der Waals surface area contributed by atoms with Gasteiger partial charge in [0.15, 0.2) is 0 Å². The molecular formula is C32H31Cl2N3O4S. The van der Waals surface area contributed by atoms with Gasteiger partial charge in [-0.2, -0.15) is 0 Å². The van der Waals surface area contributed by atoms with Crippen molar-refractivity contribution in [3.05, 3.63) is 130 Å². The van der Waals surface area contributed by atoms with Crippen molar-refractivity contribution >= 4 is 50.7 Å². The second kappa shape index (κ2) is 13.9. The number of carbonyl (C=O) groups is 2. The van der Waals surface area contributed by atoms with Gasteiger partial charge >= 0.3 is 0 Å². The molecule has 0 saturated heterocycles. The van der Waals surface area contributed by atoms with E-state index >= 15 is 0 Å². The fourth-order valence-corrected chi connectivity index (χ4v) is 6.22. The van der Waals surface area contributed by atoms with Gasteiger partial charge in [0, 0.05) is 30.1 Å². The number of anilines is 1. The van der Waals surface area contributed by atoms with Crippen molar-refractivity contribution in [3.63, 3.8) is 0 Å². The molecule has 42 heavy (non-hydrogen) atoms. The van der Waals surface area contributed by atoms with Crippen LogP contribution in [0.4, 0.5) is 5.69 Å². The first kappa shape index (κ1) is 31.1. The smallest absolute Gasteiger partial charge is 0.264 e. The molecule has 0 aliphatic rings. The number of carbonyl (C=O) groups excluding carboxylic acids is 2. The summed E-state index contributed by atoms with van der Waals surface area (Å²) in [5.74, 6) is -0.943. The van der Waals surface area contributed by atoms with E-state index in [0.29, 0.717) is 10.0 Å². The molecule has 4 aromatic rings. The van der Waals surface area contributed by atoms with Crippen molar-refractivity contribution in [1.82, 2.24) is 10.2 Å². The van der Waals surface area contributed by atoms with Gasteiger partial charge in [-0.1, -0.05) is 89.4 Å². The number of likely N-dealkylation sites (N-methyl/N-ethyl adjacent to an activating group) is 1. The van der Waals surface area contributed by atoms with Crippen LogP contribution in [0.1, 0.15) is 16.7 Å². The van der Waals surface area contributed by atoms with Crippen LogP contribution in [0.25, 0.3) is 0 Å². The highest BCUT2D eigenvalue weighted by atomic mass is 35.5. The van der Waals surface area contributed by atoms with Crippen molar-refractivity contribution in [3.8, 4) is 0 Å². The standard InChI is InChI=1S/C32H31Cl2N3O4S/c1-23-11-17-29(18-12-23)42(40,41)37(28-10-6-9-27(34)20-28)22-31(38)36(21-25-13-15-26(33)16-14-25)30(32(39)35-2)19-24-7-4-3-5-8-24/h3-18,20,30H,19,21-22H2,1-2H3,(H,35,39)/t30-/m1/s1. The van der Waals surface area contributed by atoms with Crippen molar-refractivity contribution in [2.45, 2.75) is 30.8 Å². The molecule has 4 rings (SSSR count). The molecule has 0 aliphatic carbocycles. The summed E-state index contributed by atoms with van der Waals surface area (Å²) < 4.78 is 29.0. The van der Waals surface area contributed by atoms with Gasteiger partial charge in [0.1, 0.15) is 12.6 Å². The normalized spacial score (nSPS) is 11.9. The molecular weight excluding hydrogens is 593 g/mol. The zero-order valence-electron chi connectivity index (χ0n) is 23.2. The van der Waals surface area contributed by atoms with E-state index in [1.54, 1.807) is 54.6 Å². The summed E-state index contributed by atoms with van der Waals surface area (Å²) in [7, 11) is -2.69. The van der Waals surface area contributed by atoms with Crippen LogP contribution in [0.15, 0.2) is 108 Å². The minimum Gasteiger partial charge on any atom is -0.357 e. The molecule has 218 valence electrons. The van der Waals surface area contributed by atoms with Crippen LogP contribution in [-0.2, 0) is 32.6 Å². The average Bonchev–Trinajstić information content (AvgIpc) is 2.98. The summed E-state index contributed by atoms with van der Waals surface area (Å²) in [4.78, 5) is 29.0. The molecule has 10 heteroatoms. The molecule has 0 saturated carbocycles.